The number of esters is 2. The molecule has 0 N–H and O–H groups in total. The van der Waals surface area contributed by atoms with Crippen LogP contribution in [0.4, 0.5) is 0 Å². The summed E-state index contributed by atoms with van der Waals surface area (Å²) in [7, 11) is 2.51. The van der Waals surface area contributed by atoms with Gasteiger partial charge in [0.05, 0.1) is 37.9 Å². The van der Waals surface area contributed by atoms with Gasteiger partial charge in [-0.25, -0.2) is 28.3 Å². The number of nitrogens with zero attached hydrogens (tertiary/aromatic N) is 3. The molecule has 0 saturated carbocycles. The number of fused-ring (bicyclic) bond motifs is 2. The van der Waals surface area contributed by atoms with E-state index in [4.69, 9.17) is 9.47 Å². The predicted molar refractivity (Wildman–Crippen MR) is 141 cm³/mol. The van der Waals surface area contributed by atoms with Crippen molar-refractivity contribution in [3.63, 3.8) is 0 Å². The Morgan fingerprint density at radius 1 is 1.00 bits per heavy atom. The molecule has 10 nitrogen and oxygen atoms in total. The van der Waals surface area contributed by atoms with Crippen LogP contribution in [0.25, 0.3) is 5.69 Å². The zero-order valence-corrected chi connectivity index (χ0v) is 22.8. The number of carbonyl (C=O) groups is 3. The maximum absolute atomic E-state index is 14.2. The van der Waals surface area contributed by atoms with Crippen molar-refractivity contribution in [2.24, 2.45) is 17.3 Å². The number of Topliss-reactive ketones (excluding diaryl/α,β-unsaturated/α-hetero) is 1. The van der Waals surface area contributed by atoms with Crippen LogP contribution in [0.3, 0.4) is 0 Å². The minimum absolute atomic E-state index is 0.0164. The lowest BCUT2D eigenvalue weighted by atomic mass is 9.70. The Morgan fingerprint density at radius 2 is 1.67 bits per heavy atom. The minimum Gasteiger partial charge on any atom is -0.469 e. The van der Waals surface area contributed by atoms with Crippen LogP contribution in [-0.4, -0.2) is 45.9 Å². The van der Waals surface area contributed by atoms with E-state index in [9.17, 15) is 24.0 Å². The van der Waals surface area contributed by atoms with Crippen LogP contribution in [-0.2, 0) is 23.9 Å². The van der Waals surface area contributed by atoms with Crippen molar-refractivity contribution in [2.75, 3.05) is 14.2 Å². The van der Waals surface area contributed by atoms with Gasteiger partial charge in [-0.15, -0.1) is 0 Å². The van der Waals surface area contributed by atoms with Gasteiger partial charge in [0.1, 0.15) is 0 Å². The summed E-state index contributed by atoms with van der Waals surface area (Å²) in [6, 6.07) is 7.10. The normalized spacial score (nSPS) is 24.9. The van der Waals surface area contributed by atoms with E-state index in [-0.39, 0.29) is 17.8 Å². The number of hydrogen-bond acceptors (Lipinski definition) is 7. The number of rotatable bonds is 6. The highest BCUT2D eigenvalue weighted by molar-refractivity contribution is 6.05. The van der Waals surface area contributed by atoms with Gasteiger partial charge in [-0.2, -0.15) is 0 Å². The maximum Gasteiger partial charge on any atom is 0.352 e. The van der Waals surface area contributed by atoms with Gasteiger partial charge in [-0.1, -0.05) is 57.9 Å². The van der Waals surface area contributed by atoms with E-state index in [1.54, 1.807) is 44.2 Å². The number of methoxy groups -OCH3 is 2. The SMILES string of the molecule is CCCC[C@H]1C2=C3[C@@H](CC(C(=O)OC)=C[C@@H](C(=O)OC)[C@H]3C(C)(C)C2=O)n2c(=O)n(-c3ccccc3)c(=O)n21. The Morgan fingerprint density at radius 3 is 2.28 bits per heavy atom. The highest BCUT2D eigenvalue weighted by Gasteiger charge is 2.59. The van der Waals surface area contributed by atoms with Gasteiger partial charge in [-0.3, -0.25) is 9.59 Å². The quantitative estimate of drug-likeness (QED) is 0.522. The monoisotopic (exact) mass is 535 g/mol. The maximum atomic E-state index is 14.2. The van der Waals surface area contributed by atoms with Gasteiger partial charge in [0.2, 0.25) is 0 Å². The lowest BCUT2D eigenvalue weighted by molar-refractivity contribution is -0.146. The Hall–Kier alpha value is -3.95. The average molecular weight is 536 g/mol. The molecule has 2 heterocycles. The van der Waals surface area contributed by atoms with Gasteiger partial charge in [-0.05, 0) is 24.1 Å². The van der Waals surface area contributed by atoms with Crippen LogP contribution in [0.2, 0.25) is 0 Å². The standard InChI is InChI=1S/C29H33N3O7/c1-6-7-13-19-22-21-20(32-28(37)30(27(36)31(19)32)17-11-9-8-10-12-17)15-16(25(34)38-4)14-18(26(35)39-5)23(21)29(2,3)24(22)33/h8-12,14,18-20,23H,6-7,13,15H2,1-5H3/t18-,19+,20-,23-/m1/s1. The van der Waals surface area contributed by atoms with Crippen molar-refractivity contribution in [1.29, 1.82) is 0 Å². The van der Waals surface area contributed by atoms with E-state index < -0.39 is 52.7 Å². The summed E-state index contributed by atoms with van der Waals surface area (Å²) >= 11 is 0. The number of unbranched alkanes of at least 4 members (excludes halogenated alkanes) is 1. The van der Waals surface area contributed by atoms with Crippen LogP contribution in [0.5, 0.6) is 0 Å². The molecule has 1 aliphatic heterocycles. The highest BCUT2D eigenvalue weighted by atomic mass is 16.5. The van der Waals surface area contributed by atoms with E-state index in [2.05, 4.69) is 0 Å². The minimum atomic E-state index is -1.04. The fourth-order valence-electron chi connectivity index (χ4n) is 6.71. The third-order valence-electron chi connectivity index (χ3n) is 8.46. The van der Waals surface area contributed by atoms with Crippen LogP contribution in [0.15, 0.2) is 62.7 Å². The first-order valence-corrected chi connectivity index (χ1v) is 13.3. The Bertz CT molecular complexity index is 1540. The first-order valence-electron chi connectivity index (χ1n) is 13.3. The van der Waals surface area contributed by atoms with Gasteiger partial charge >= 0.3 is 23.3 Å². The second-order valence-electron chi connectivity index (χ2n) is 10.9. The fraction of sp³-hybridized carbons (Fsp3) is 0.483. The molecule has 2 aliphatic carbocycles. The largest absolute Gasteiger partial charge is 0.469 e. The van der Waals surface area contributed by atoms with Crippen LogP contribution in [0.1, 0.15) is 58.5 Å². The molecular formula is C29H33N3O7. The average Bonchev–Trinajstić information content (AvgIpc) is 3.21. The molecule has 39 heavy (non-hydrogen) atoms. The van der Waals surface area contributed by atoms with Crippen LogP contribution in [0, 0.1) is 17.3 Å². The van der Waals surface area contributed by atoms with Crippen molar-refractivity contribution in [3.8, 4) is 5.69 Å². The zero-order chi connectivity index (χ0) is 28.2. The highest BCUT2D eigenvalue weighted by Crippen LogP contribution is 2.58. The van der Waals surface area contributed by atoms with Crippen molar-refractivity contribution in [3.05, 3.63) is 74.1 Å². The summed E-state index contributed by atoms with van der Waals surface area (Å²) in [5.41, 5.74) is -0.475. The molecule has 0 fully saturated rings. The van der Waals surface area contributed by atoms with Crippen LogP contribution >= 0.6 is 0 Å². The first-order chi connectivity index (χ1) is 18.6. The number of ether oxygens (including phenoxy) is 2. The Balaban J connectivity index is 1.86. The van der Waals surface area contributed by atoms with Crippen molar-refractivity contribution >= 4 is 17.7 Å². The molecule has 0 radical (unpaired) electrons. The first kappa shape index (κ1) is 26.6. The smallest absolute Gasteiger partial charge is 0.352 e. The van der Waals surface area contributed by atoms with Crippen LogP contribution < -0.4 is 11.4 Å². The lowest BCUT2D eigenvalue weighted by Crippen LogP contribution is -2.41. The number of aromatic nitrogens is 3. The van der Waals surface area contributed by atoms with Crippen molar-refractivity contribution in [2.45, 2.75) is 58.5 Å². The Kier molecular flexibility index (Phi) is 6.60. The molecule has 0 unspecified atom stereocenters. The zero-order valence-electron chi connectivity index (χ0n) is 22.8. The molecule has 10 heteroatoms. The summed E-state index contributed by atoms with van der Waals surface area (Å²) in [4.78, 5) is 68.3. The molecule has 0 bridgehead atoms. The Labute approximate surface area is 225 Å². The fourth-order valence-corrected chi connectivity index (χ4v) is 6.71. The molecule has 2 aromatic rings. The van der Waals surface area contributed by atoms with E-state index in [0.717, 1.165) is 11.0 Å². The number of benzene rings is 1. The van der Waals surface area contributed by atoms with E-state index in [0.29, 0.717) is 29.7 Å². The lowest BCUT2D eigenvalue weighted by Gasteiger charge is -2.36. The summed E-state index contributed by atoms with van der Waals surface area (Å²) in [6.07, 6.45) is 3.51. The van der Waals surface area contributed by atoms with Crippen molar-refractivity contribution in [1.82, 2.24) is 13.9 Å². The number of carbonyl (C=O) groups excluding carboxylic acids is 3. The predicted octanol–water partition coefficient (Wildman–Crippen LogP) is 2.90. The molecule has 0 spiro atoms. The molecular weight excluding hydrogens is 502 g/mol. The summed E-state index contributed by atoms with van der Waals surface area (Å²) in [6.45, 7) is 5.57. The second-order valence-corrected chi connectivity index (χ2v) is 10.9. The van der Waals surface area contributed by atoms with Gasteiger partial charge < -0.3 is 9.47 Å². The van der Waals surface area contributed by atoms with E-state index in [1.807, 2.05) is 6.92 Å². The molecule has 1 aromatic heterocycles. The number of hydrogen-bond donors (Lipinski definition) is 0. The summed E-state index contributed by atoms with van der Waals surface area (Å²) in [5.74, 6) is -3.00. The molecule has 0 saturated heterocycles. The van der Waals surface area contributed by atoms with Gasteiger partial charge in [0, 0.05) is 28.9 Å². The third kappa shape index (κ3) is 3.79. The number of para-hydroxylation sites is 1. The molecule has 5 rings (SSSR count). The van der Waals surface area contributed by atoms with E-state index >= 15 is 0 Å². The summed E-state index contributed by atoms with van der Waals surface area (Å²) < 4.78 is 14.1. The molecule has 1 aromatic carbocycles. The number of ketones is 1. The second kappa shape index (κ2) is 9.66. The number of allylic oxidation sites excluding steroid dienone is 2. The summed E-state index contributed by atoms with van der Waals surface area (Å²) in [5, 5.41) is 0. The van der Waals surface area contributed by atoms with Gasteiger partial charge in [0.25, 0.3) is 0 Å². The topological polar surface area (TPSA) is 119 Å². The van der Waals surface area contributed by atoms with Crippen molar-refractivity contribution < 1.29 is 23.9 Å². The molecule has 206 valence electrons. The third-order valence-corrected chi connectivity index (χ3v) is 8.46. The van der Waals surface area contributed by atoms with E-state index in [1.165, 1.54) is 29.7 Å². The molecule has 3 aliphatic rings. The van der Waals surface area contributed by atoms with Gasteiger partial charge in [0.15, 0.2) is 5.78 Å². The molecule has 0 amide bonds. The molecule has 4 atom stereocenters.